The molecule has 8 heteroatoms. The molecule has 120 valence electrons. The normalized spacial score (nSPS) is 12.1. The average Bonchev–Trinajstić information content (AvgIpc) is 2.91. The second-order valence-electron chi connectivity index (χ2n) is 4.92. The van der Waals surface area contributed by atoms with E-state index in [2.05, 4.69) is 15.9 Å². The van der Waals surface area contributed by atoms with Gasteiger partial charge in [-0.15, -0.1) is 11.3 Å². The highest BCUT2D eigenvalue weighted by molar-refractivity contribution is 9.11. The maximum atomic E-state index is 12.7. The Hall–Kier alpha value is -1.48. The van der Waals surface area contributed by atoms with Crippen LogP contribution >= 0.6 is 27.3 Å². The van der Waals surface area contributed by atoms with E-state index >= 15 is 0 Å². The lowest BCUT2D eigenvalue weighted by Crippen LogP contribution is -2.26. The van der Waals surface area contributed by atoms with Gasteiger partial charge in [0, 0.05) is 29.9 Å². The molecule has 0 N–H and O–H groups in total. The maximum absolute atomic E-state index is 12.7. The zero-order valence-corrected chi connectivity index (χ0v) is 15.2. The largest absolute Gasteiger partial charge is 0.423 e. The third kappa shape index (κ3) is 3.40. The summed E-state index contributed by atoms with van der Waals surface area (Å²) in [5.41, 5.74) is -0.102. The van der Waals surface area contributed by atoms with E-state index in [1.54, 1.807) is 6.07 Å². The highest BCUT2D eigenvalue weighted by Gasteiger charge is 2.22. The molecular weight excluding hydrogens is 402 g/mol. The lowest BCUT2D eigenvalue weighted by molar-refractivity contribution is 0.469. The Labute approximate surface area is 145 Å². The van der Waals surface area contributed by atoms with Crippen molar-refractivity contribution >= 4 is 48.3 Å². The Morgan fingerprint density at radius 1 is 1.17 bits per heavy atom. The summed E-state index contributed by atoms with van der Waals surface area (Å²) in [6.45, 7) is 0.292. The molecule has 0 aliphatic rings. The molecule has 0 saturated heterocycles. The molecule has 0 bridgehead atoms. The number of hydrogen-bond donors (Lipinski definition) is 0. The van der Waals surface area contributed by atoms with Gasteiger partial charge in [0.2, 0.25) is 10.0 Å². The minimum absolute atomic E-state index is 0.164. The van der Waals surface area contributed by atoms with Crippen LogP contribution in [0.3, 0.4) is 0 Å². The first-order valence-electron chi connectivity index (χ1n) is 6.61. The Morgan fingerprint density at radius 2 is 1.96 bits per heavy atom. The fourth-order valence-corrected chi connectivity index (χ4v) is 4.93. The quantitative estimate of drug-likeness (QED) is 0.614. The molecular formula is C15H12BrNO4S2. The van der Waals surface area contributed by atoms with E-state index in [4.69, 9.17) is 4.42 Å². The van der Waals surface area contributed by atoms with Gasteiger partial charge in [0.05, 0.1) is 8.68 Å². The Morgan fingerprint density at radius 3 is 2.65 bits per heavy atom. The van der Waals surface area contributed by atoms with Gasteiger partial charge in [-0.2, -0.15) is 4.31 Å². The Balaban J connectivity index is 1.95. The van der Waals surface area contributed by atoms with E-state index in [0.717, 1.165) is 8.66 Å². The van der Waals surface area contributed by atoms with Crippen LogP contribution in [0.1, 0.15) is 4.88 Å². The standard InChI is InChI=1S/C15H12BrNO4S2/c1-17(9-11-3-6-14(16)22-11)23(19,20)12-4-5-13-10(8-12)2-7-15(18)21-13/h2-8H,9H2,1H3. The minimum atomic E-state index is -3.62. The first-order chi connectivity index (χ1) is 10.9. The molecule has 0 fully saturated rings. The Bertz CT molecular complexity index is 1020. The fraction of sp³-hybridized carbons (Fsp3) is 0.133. The molecule has 5 nitrogen and oxygen atoms in total. The number of nitrogens with zero attached hydrogens (tertiary/aromatic N) is 1. The molecule has 2 heterocycles. The van der Waals surface area contributed by atoms with Crippen molar-refractivity contribution < 1.29 is 12.8 Å². The summed E-state index contributed by atoms with van der Waals surface area (Å²) in [4.78, 5) is 12.3. The number of sulfonamides is 1. The van der Waals surface area contributed by atoms with Gasteiger partial charge in [-0.3, -0.25) is 0 Å². The summed E-state index contributed by atoms with van der Waals surface area (Å²) < 4.78 is 32.6. The molecule has 0 aliphatic heterocycles. The minimum Gasteiger partial charge on any atom is -0.423 e. The monoisotopic (exact) mass is 413 g/mol. The number of benzene rings is 1. The van der Waals surface area contributed by atoms with Crippen molar-refractivity contribution in [3.05, 3.63) is 61.5 Å². The number of thiophene rings is 1. The summed E-state index contributed by atoms with van der Waals surface area (Å²) in [6, 6.07) is 11.0. The molecule has 3 aromatic rings. The van der Waals surface area contributed by atoms with E-state index in [9.17, 15) is 13.2 Å². The molecule has 23 heavy (non-hydrogen) atoms. The van der Waals surface area contributed by atoms with Gasteiger partial charge in [-0.25, -0.2) is 13.2 Å². The third-order valence-corrected chi connectivity index (χ3v) is 6.71. The van der Waals surface area contributed by atoms with Crippen molar-refractivity contribution in [2.24, 2.45) is 0 Å². The van der Waals surface area contributed by atoms with Crippen LogP contribution in [0.2, 0.25) is 0 Å². The zero-order chi connectivity index (χ0) is 16.6. The van der Waals surface area contributed by atoms with Crippen LogP contribution in [-0.2, 0) is 16.6 Å². The van der Waals surface area contributed by atoms with Crippen molar-refractivity contribution in [2.75, 3.05) is 7.05 Å². The molecule has 0 spiro atoms. The van der Waals surface area contributed by atoms with Crippen LogP contribution in [0.4, 0.5) is 0 Å². The van der Waals surface area contributed by atoms with Crippen LogP contribution < -0.4 is 5.63 Å². The van der Waals surface area contributed by atoms with Crippen molar-refractivity contribution in [1.82, 2.24) is 4.31 Å². The van der Waals surface area contributed by atoms with Crippen LogP contribution in [0, 0.1) is 0 Å². The number of halogens is 1. The first kappa shape index (κ1) is 16.4. The molecule has 0 amide bonds. The molecule has 0 unspecified atom stereocenters. The predicted molar refractivity (Wildman–Crippen MR) is 93.2 cm³/mol. The van der Waals surface area contributed by atoms with Gasteiger partial charge >= 0.3 is 5.63 Å². The van der Waals surface area contributed by atoms with E-state index in [0.29, 0.717) is 17.5 Å². The van der Waals surface area contributed by atoms with Crippen LogP contribution in [0.15, 0.2) is 60.4 Å². The summed E-state index contributed by atoms with van der Waals surface area (Å²) in [7, 11) is -2.08. The van der Waals surface area contributed by atoms with Crippen LogP contribution in [0.5, 0.6) is 0 Å². The van der Waals surface area contributed by atoms with Gasteiger partial charge in [0.15, 0.2) is 0 Å². The van der Waals surface area contributed by atoms with Crippen molar-refractivity contribution in [1.29, 1.82) is 0 Å². The lowest BCUT2D eigenvalue weighted by atomic mass is 10.2. The molecule has 2 aromatic heterocycles. The summed E-state index contributed by atoms with van der Waals surface area (Å²) in [5, 5.41) is 0.568. The van der Waals surface area contributed by atoms with Crippen LogP contribution in [-0.4, -0.2) is 19.8 Å². The van der Waals surface area contributed by atoms with Crippen molar-refractivity contribution in [3.8, 4) is 0 Å². The van der Waals surface area contributed by atoms with E-state index in [-0.39, 0.29) is 4.90 Å². The highest BCUT2D eigenvalue weighted by Crippen LogP contribution is 2.26. The highest BCUT2D eigenvalue weighted by atomic mass is 79.9. The van der Waals surface area contributed by atoms with Gasteiger partial charge in [-0.1, -0.05) is 0 Å². The van der Waals surface area contributed by atoms with Crippen molar-refractivity contribution in [3.63, 3.8) is 0 Å². The predicted octanol–water partition coefficient (Wildman–Crippen LogP) is 3.44. The molecule has 0 atom stereocenters. The number of rotatable bonds is 4. The summed E-state index contributed by atoms with van der Waals surface area (Å²) >= 11 is 4.86. The zero-order valence-electron chi connectivity index (χ0n) is 12.0. The van der Waals surface area contributed by atoms with E-state index in [1.165, 1.54) is 47.0 Å². The number of fused-ring (bicyclic) bond motifs is 1. The van der Waals surface area contributed by atoms with Crippen molar-refractivity contribution in [2.45, 2.75) is 11.4 Å². The van der Waals surface area contributed by atoms with Gasteiger partial charge in [-0.05, 0) is 52.3 Å². The SMILES string of the molecule is CN(Cc1ccc(Br)s1)S(=O)(=O)c1ccc2oc(=O)ccc2c1. The van der Waals surface area contributed by atoms with E-state index in [1.807, 2.05) is 12.1 Å². The molecule has 0 saturated carbocycles. The Kier molecular flexibility index (Phi) is 4.41. The molecule has 3 rings (SSSR count). The first-order valence-corrected chi connectivity index (χ1v) is 9.66. The fourth-order valence-electron chi connectivity index (χ4n) is 2.13. The topological polar surface area (TPSA) is 67.6 Å². The smallest absolute Gasteiger partial charge is 0.336 e. The van der Waals surface area contributed by atoms with Gasteiger partial charge in [0.1, 0.15) is 5.58 Å². The van der Waals surface area contributed by atoms with Gasteiger partial charge < -0.3 is 4.42 Å². The molecule has 0 aliphatic carbocycles. The lowest BCUT2D eigenvalue weighted by Gasteiger charge is -2.16. The average molecular weight is 414 g/mol. The summed E-state index contributed by atoms with van der Waals surface area (Å²) in [6.07, 6.45) is 0. The molecule has 0 radical (unpaired) electrons. The maximum Gasteiger partial charge on any atom is 0.336 e. The third-order valence-electron chi connectivity index (χ3n) is 3.31. The van der Waals surface area contributed by atoms with Crippen LogP contribution in [0.25, 0.3) is 11.0 Å². The molecule has 1 aromatic carbocycles. The van der Waals surface area contributed by atoms with Gasteiger partial charge in [0.25, 0.3) is 0 Å². The second kappa shape index (κ2) is 6.20. The number of hydrogen-bond acceptors (Lipinski definition) is 5. The second-order valence-corrected chi connectivity index (χ2v) is 9.51. The summed E-state index contributed by atoms with van der Waals surface area (Å²) in [5.74, 6) is 0. The van der Waals surface area contributed by atoms with E-state index < -0.39 is 15.6 Å².